The van der Waals surface area contributed by atoms with Crippen LogP contribution in [-0.2, 0) is 5.41 Å². The van der Waals surface area contributed by atoms with Crippen LogP contribution in [0.2, 0.25) is 0 Å². The zero-order valence-electron chi connectivity index (χ0n) is 31.8. The monoisotopic (exact) mass is 754 g/mol. The van der Waals surface area contributed by atoms with E-state index < -0.39 is 5.41 Å². The van der Waals surface area contributed by atoms with Gasteiger partial charge in [-0.25, -0.2) is 0 Å². The highest BCUT2D eigenvalue weighted by Crippen LogP contribution is 2.66. The van der Waals surface area contributed by atoms with E-state index in [1.54, 1.807) is 0 Å². The standard InChI is InChI=1S/C55H34N2O2/c1-3-15-35(16-4-1)56(37-27-30-49-43(33-37)41-21-10-14-26-48(41)57(49)36-17-5-2-6-18-36)38-28-31-50-52(34-38)59-54-51(58-50)32-29-47-53(54)42-22-9-13-25-46(42)55(47)44-23-11-7-19-39(44)40-20-8-12-24-45(40)55/h1-34H. The minimum Gasteiger partial charge on any atom is -0.449 e. The van der Waals surface area contributed by atoms with Crippen LogP contribution in [0.4, 0.5) is 17.1 Å². The number of benzene rings is 9. The molecule has 0 saturated heterocycles. The van der Waals surface area contributed by atoms with E-state index in [2.05, 4.69) is 210 Å². The Morgan fingerprint density at radius 3 is 1.71 bits per heavy atom. The molecule has 10 aromatic rings. The van der Waals surface area contributed by atoms with Gasteiger partial charge in [-0.15, -0.1) is 0 Å². The predicted molar refractivity (Wildman–Crippen MR) is 238 cm³/mol. The van der Waals surface area contributed by atoms with Gasteiger partial charge in [-0.1, -0.05) is 133 Å². The maximum atomic E-state index is 7.14. The molecule has 0 atom stereocenters. The number of ether oxygens (including phenoxy) is 2. The molecule has 0 N–H and O–H groups in total. The molecule has 0 radical (unpaired) electrons. The fraction of sp³-hybridized carbons (Fsp3) is 0.0182. The van der Waals surface area contributed by atoms with E-state index in [9.17, 15) is 0 Å². The molecular weight excluding hydrogens is 721 g/mol. The highest BCUT2D eigenvalue weighted by Gasteiger charge is 2.53. The fourth-order valence-electron chi connectivity index (χ4n) is 10.3. The first-order chi connectivity index (χ1) is 29.3. The number of rotatable bonds is 4. The SMILES string of the molecule is c1ccc(N(c2ccc3c(c2)Oc2c(ccc4c2-c2ccccc2C42c4ccccc4-c4ccccc42)O3)c2ccc3c(c2)c2ccccc2n3-c2ccccc2)cc1. The molecule has 0 fully saturated rings. The van der Waals surface area contributed by atoms with Crippen molar-refractivity contribution in [1.29, 1.82) is 0 Å². The molecule has 9 aromatic carbocycles. The molecule has 13 rings (SSSR count). The van der Waals surface area contributed by atoms with Crippen LogP contribution >= 0.6 is 0 Å². The molecule has 0 amide bonds. The average Bonchev–Trinajstić information content (AvgIpc) is 3.91. The van der Waals surface area contributed by atoms with Gasteiger partial charge in [0.05, 0.1) is 22.1 Å². The molecule has 2 aliphatic carbocycles. The van der Waals surface area contributed by atoms with E-state index in [-0.39, 0.29) is 0 Å². The number of aromatic nitrogens is 1. The van der Waals surface area contributed by atoms with Gasteiger partial charge in [-0.2, -0.15) is 0 Å². The summed E-state index contributed by atoms with van der Waals surface area (Å²) >= 11 is 0. The second-order valence-corrected chi connectivity index (χ2v) is 15.6. The van der Waals surface area contributed by atoms with Crippen LogP contribution in [-0.4, -0.2) is 4.57 Å². The van der Waals surface area contributed by atoms with Gasteiger partial charge in [-0.3, -0.25) is 0 Å². The van der Waals surface area contributed by atoms with Crippen LogP contribution in [0.15, 0.2) is 206 Å². The van der Waals surface area contributed by atoms with Crippen LogP contribution in [0.25, 0.3) is 49.7 Å². The molecule has 0 bridgehead atoms. The summed E-state index contributed by atoms with van der Waals surface area (Å²) in [7, 11) is 0. The quantitative estimate of drug-likeness (QED) is 0.179. The number of hydrogen-bond donors (Lipinski definition) is 0. The number of nitrogens with zero attached hydrogens (tertiary/aromatic N) is 2. The third kappa shape index (κ3) is 4.37. The molecule has 2 heterocycles. The van der Waals surface area contributed by atoms with Crippen LogP contribution in [0.1, 0.15) is 22.3 Å². The summed E-state index contributed by atoms with van der Waals surface area (Å²) in [4.78, 5) is 2.30. The van der Waals surface area contributed by atoms with E-state index in [4.69, 9.17) is 9.47 Å². The molecule has 1 aliphatic heterocycles. The third-order valence-corrected chi connectivity index (χ3v) is 12.6. The fourth-order valence-corrected chi connectivity index (χ4v) is 10.3. The molecule has 1 aromatic heterocycles. The first-order valence-electron chi connectivity index (χ1n) is 20.2. The van der Waals surface area contributed by atoms with Gasteiger partial charge in [0, 0.05) is 39.5 Å². The summed E-state index contributed by atoms with van der Waals surface area (Å²) in [5.74, 6) is 2.83. The molecule has 276 valence electrons. The number of para-hydroxylation sites is 3. The Labute approximate surface area is 341 Å². The summed E-state index contributed by atoms with van der Waals surface area (Å²) < 4.78 is 16.3. The average molecular weight is 755 g/mol. The number of hydrogen-bond acceptors (Lipinski definition) is 3. The van der Waals surface area contributed by atoms with Gasteiger partial charge in [0.1, 0.15) is 0 Å². The van der Waals surface area contributed by atoms with Crippen molar-refractivity contribution < 1.29 is 9.47 Å². The molecule has 59 heavy (non-hydrogen) atoms. The molecule has 0 unspecified atom stereocenters. The summed E-state index contributed by atoms with van der Waals surface area (Å²) in [5, 5.41) is 2.40. The highest BCUT2D eigenvalue weighted by molar-refractivity contribution is 6.10. The second kappa shape index (κ2) is 12.1. The van der Waals surface area contributed by atoms with Crippen molar-refractivity contribution >= 4 is 38.9 Å². The van der Waals surface area contributed by atoms with E-state index in [1.807, 2.05) is 6.07 Å². The van der Waals surface area contributed by atoms with Gasteiger partial charge in [0.2, 0.25) is 0 Å². The van der Waals surface area contributed by atoms with E-state index >= 15 is 0 Å². The van der Waals surface area contributed by atoms with Gasteiger partial charge in [0.25, 0.3) is 0 Å². The normalized spacial score (nSPS) is 13.5. The maximum Gasteiger partial charge on any atom is 0.178 e. The van der Waals surface area contributed by atoms with E-state index in [0.29, 0.717) is 11.5 Å². The smallest absolute Gasteiger partial charge is 0.178 e. The van der Waals surface area contributed by atoms with Gasteiger partial charge < -0.3 is 18.9 Å². The Morgan fingerprint density at radius 1 is 0.373 bits per heavy atom. The zero-order valence-corrected chi connectivity index (χ0v) is 31.8. The van der Waals surface area contributed by atoms with Crippen LogP contribution in [0.3, 0.4) is 0 Å². The Balaban J connectivity index is 0.974. The molecular formula is C55H34N2O2. The van der Waals surface area contributed by atoms with Crippen molar-refractivity contribution in [3.63, 3.8) is 0 Å². The van der Waals surface area contributed by atoms with Crippen molar-refractivity contribution in [3.05, 3.63) is 229 Å². The zero-order chi connectivity index (χ0) is 38.7. The van der Waals surface area contributed by atoms with Gasteiger partial charge in [-0.05, 0) is 106 Å². The summed E-state index contributed by atoms with van der Waals surface area (Å²) in [6.45, 7) is 0. The van der Waals surface area contributed by atoms with E-state index in [1.165, 1.54) is 55.2 Å². The van der Waals surface area contributed by atoms with Gasteiger partial charge in [0.15, 0.2) is 23.0 Å². The number of fused-ring (bicyclic) bond motifs is 16. The minimum absolute atomic E-state index is 0.466. The Kier molecular flexibility index (Phi) is 6.62. The third-order valence-electron chi connectivity index (χ3n) is 12.6. The first-order valence-corrected chi connectivity index (χ1v) is 20.2. The van der Waals surface area contributed by atoms with Crippen LogP contribution < -0.4 is 14.4 Å². The largest absolute Gasteiger partial charge is 0.449 e. The maximum absolute atomic E-state index is 7.14. The lowest BCUT2D eigenvalue weighted by atomic mass is 9.70. The van der Waals surface area contributed by atoms with Crippen molar-refractivity contribution in [1.82, 2.24) is 4.57 Å². The van der Waals surface area contributed by atoms with Crippen LogP contribution in [0, 0.1) is 0 Å². The summed E-state index contributed by atoms with van der Waals surface area (Å²) in [5.41, 5.74) is 16.0. The Bertz CT molecular complexity index is 3300. The van der Waals surface area contributed by atoms with E-state index in [0.717, 1.165) is 45.3 Å². The van der Waals surface area contributed by atoms with Crippen molar-refractivity contribution in [2.75, 3.05) is 4.90 Å². The Morgan fingerprint density at radius 2 is 0.949 bits per heavy atom. The van der Waals surface area contributed by atoms with Crippen molar-refractivity contribution in [2.45, 2.75) is 5.41 Å². The lowest BCUT2D eigenvalue weighted by molar-refractivity contribution is 0.360. The second-order valence-electron chi connectivity index (χ2n) is 15.6. The lowest BCUT2D eigenvalue weighted by Crippen LogP contribution is -2.25. The lowest BCUT2D eigenvalue weighted by Gasteiger charge is -2.31. The first kappa shape index (κ1) is 32.3. The Hall–Kier alpha value is -7.82. The number of anilines is 3. The molecule has 4 heteroatoms. The van der Waals surface area contributed by atoms with Crippen molar-refractivity contribution in [3.8, 4) is 50.9 Å². The molecule has 4 nitrogen and oxygen atoms in total. The molecule has 1 spiro atoms. The van der Waals surface area contributed by atoms with Gasteiger partial charge >= 0.3 is 0 Å². The minimum atomic E-state index is -0.466. The predicted octanol–water partition coefficient (Wildman–Crippen LogP) is 14.5. The van der Waals surface area contributed by atoms with Crippen molar-refractivity contribution in [2.24, 2.45) is 0 Å². The summed E-state index contributed by atoms with van der Waals surface area (Å²) in [6.07, 6.45) is 0. The summed E-state index contributed by atoms with van der Waals surface area (Å²) in [6, 6.07) is 73.8. The molecule has 3 aliphatic rings. The topological polar surface area (TPSA) is 26.6 Å². The highest BCUT2D eigenvalue weighted by atomic mass is 16.6. The molecule has 0 saturated carbocycles. The van der Waals surface area contributed by atoms with Crippen LogP contribution in [0.5, 0.6) is 23.0 Å².